The first-order valence-corrected chi connectivity index (χ1v) is 8.46. The number of rotatable bonds is 5. The number of likely N-dealkylation sites (tertiary alicyclic amines) is 1. The van der Waals surface area contributed by atoms with Crippen LogP contribution in [-0.2, 0) is 0 Å². The lowest BCUT2D eigenvalue weighted by Crippen LogP contribution is -2.41. The third-order valence-electron chi connectivity index (χ3n) is 5.02. The molecule has 0 atom stereocenters. The van der Waals surface area contributed by atoms with Crippen molar-refractivity contribution in [1.82, 2.24) is 4.90 Å². The van der Waals surface area contributed by atoms with E-state index in [1.54, 1.807) is 18.2 Å². The second-order valence-electron chi connectivity index (χ2n) is 6.03. The summed E-state index contributed by atoms with van der Waals surface area (Å²) in [5, 5.41) is 1.01. The molecule has 0 spiro atoms. The summed E-state index contributed by atoms with van der Waals surface area (Å²) in [5.74, 6) is 0.0807. The number of nitrogens with zero attached hydrogens (tertiary/aromatic N) is 1. The normalized spacial score (nSPS) is 18.7. The fraction of sp³-hybridized carbons (Fsp3) is 0.588. The SMILES string of the molecule is CCC1(CC)CCN(CC(=O)c2ccc(Cl)cc2Cl)CC1. The summed E-state index contributed by atoms with van der Waals surface area (Å²) in [7, 11) is 0. The van der Waals surface area contributed by atoms with Crippen LogP contribution in [0.2, 0.25) is 10.0 Å². The molecule has 1 aromatic carbocycles. The molecule has 0 aliphatic carbocycles. The van der Waals surface area contributed by atoms with E-state index in [1.165, 1.54) is 25.7 Å². The summed E-state index contributed by atoms with van der Waals surface area (Å²) in [5.41, 5.74) is 1.06. The van der Waals surface area contributed by atoms with Crippen LogP contribution in [0.1, 0.15) is 49.9 Å². The maximum atomic E-state index is 12.4. The highest BCUT2D eigenvalue weighted by Crippen LogP contribution is 2.37. The summed E-state index contributed by atoms with van der Waals surface area (Å²) in [6, 6.07) is 5.07. The highest BCUT2D eigenvalue weighted by molar-refractivity contribution is 6.36. The van der Waals surface area contributed by atoms with Crippen LogP contribution in [0, 0.1) is 5.41 Å². The summed E-state index contributed by atoms with van der Waals surface area (Å²) in [6.07, 6.45) is 4.83. The van der Waals surface area contributed by atoms with Crippen LogP contribution in [0.4, 0.5) is 0 Å². The minimum atomic E-state index is 0.0807. The first-order valence-electron chi connectivity index (χ1n) is 7.70. The van der Waals surface area contributed by atoms with Gasteiger partial charge in [-0.1, -0.05) is 49.9 Å². The zero-order valence-electron chi connectivity index (χ0n) is 12.8. The van der Waals surface area contributed by atoms with Gasteiger partial charge >= 0.3 is 0 Å². The van der Waals surface area contributed by atoms with Crippen molar-refractivity contribution in [3.05, 3.63) is 33.8 Å². The second-order valence-corrected chi connectivity index (χ2v) is 6.87. The van der Waals surface area contributed by atoms with E-state index < -0.39 is 0 Å². The molecule has 0 bridgehead atoms. The van der Waals surface area contributed by atoms with Crippen molar-refractivity contribution >= 4 is 29.0 Å². The Labute approximate surface area is 137 Å². The van der Waals surface area contributed by atoms with Gasteiger partial charge in [-0.05, 0) is 49.5 Å². The van der Waals surface area contributed by atoms with Gasteiger partial charge in [0, 0.05) is 10.6 Å². The smallest absolute Gasteiger partial charge is 0.178 e. The summed E-state index contributed by atoms with van der Waals surface area (Å²) < 4.78 is 0. The van der Waals surface area contributed by atoms with Gasteiger partial charge in [0.1, 0.15) is 0 Å². The van der Waals surface area contributed by atoms with Gasteiger partial charge < -0.3 is 0 Å². The van der Waals surface area contributed by atoms with Crippen LogP contribution < -0.4 is 0 Å². The lowest BCUT2D eigenvalue weighted by molar-refractivity contribution is 0.0756. The Morgan fingerprint density at radius 1 is 1.19 bits per heavy atom. The highest BCUT2D eigenvalue weighted by Gasteiger charge is 2.31. The molecule has 0 amide bonds. The van der Waals surface area contributed by atoms with Crippen molar-refractivity contribution in [3.8, 4) is 0 Å². The minimum Gasteiger partial charge on any atom is -0.296 e. The van der Waals surface area contributed by atoms with Crippen molar-refractivity contribution < 1.29 is 4.79 Å². The zero-order chi connectivity index (χ0) is 15.5. The van der Waals surface area contributed by atoms with Crippen molar-refractivity contribution in [2.45, 2.75) is 39.5 Å². The molecule has 1 aromatic rings. The van der Waals surface area contributed by atoms with Gasteiger partial charge in [-0.15, -0.1) is 0 Å². The standard InChI is InChI=1S/C17H23Cl2NO/c1-3-17(4-2)7-9-20(10-8-17)12-16(21)14-6-5-13(18)11-15(14)19/h5-6,11H,3-4,7-10,12H2,1-2H3. The van der Waals surface area contributed by atoms with Gasteiger partial charge in [-0.3, -0.25) is 9.69 Å². The molecule has 0 radical (unpaired) electrons. The van der Waals surface area contributed by atoms with E-state index in [2.05, 4.69) is 18.7 Å². The van der Waals surface area contributed by atoms with E-state index in [-0.39, 0.29) is 5.78 Å². The Morgan fingerprint density at radius 2 is 1.81 bits per heavy atom. The van der Waals surface area contributed by atoms with E-state index in [1.807, 2.05) is 0 Å². The lowest BCUT2D eigenvalue weighted by Gasteiger charge is -2.40. The summed E-state index contributed by atoms with van der Waals surface area (Å²) in [4.78, 5) is 14.6. The fourth-order valence-electron chi connectivity index (χ4n) is 3.15. The Kier molecular flexibility index (Phi) is 5.70. The Hall–Kier alpha value is -0.570. The molecule has 1 fully saturated rings. The van der Waals surface area contributed by atoms with Crippen LogP contribution in [0.25, 0.3) is 0 Å². The number of hydrogen-bond acceptors (Lipinski definition) is 2. The van der Waals surface area contributed by atoms with E-state index >= 15 is 0 Å². The number of Topliss-reactive ketones (excluding diaryl/α,β-unsaturated/α-hetero) is 1. The number of carbonyl (C=O) groups is 1. The molecule has 0 saturated carbocycles. The molecule has 1 aliphatic rings. The average molecular weight is 328 g/mol. The predicted octanol–water partition coefficient (Wildman–Crippen LogP) is 5.08. The van der Waals surface area contributed by atoms with Gasteiger partial charge in [-0.25, -0.2) is 0 Å². The van der Waals surface area contributed by atoms with Crippen LogP contribution in [0.5, 0.6) is 0 Å². The maximum Gasteiger partial charge on any atom is 0.178 e. The molecule has 116 valence electrons. The monoisotopic (exact) mass is 327 g/mol. The number of benzene rings is 1. The Morgan fingerprint density at radius 3 is 2.33 bits per heavy atom. The molecule has 2 rings (SSSR count). The van der Waals surface area contributed by atoms with Crippen molar-refractivity contribution in [3.63, 3.8) is 0 Å². The summed E-state index contributed by atoms with van der Waals surface area (Å²) in [6.45, 7) is 7.00. The molecule has 1 heterocycles. The topological polar surface area (TPSA) is 20.3 Å². The van der Waals surface area contributed by atoms with Crippen LogP contribution in [-0.4, -0.2) is 30.3 Å². The van der Waals surface area contributed by atoms with Gasteiger partial charge in [0.25, 0.3) is 0 Å². The van der Waals surface area contributed by atoms with E-state index in [0.29, 0.717) is 27.6 Å². The quantitative estimate of drug-likeness (QED) is 0.703. The molecule has 1 saturated heterocycles. The fourth-order valence-corrected chi connectivity index (χ4v) is 3.66. The molecular weight excluding hydrogens is 305 g/mol. The van der Waals surface area contributed by atoms with Crippen LogP contribution >= 0.6 is 23.2 Å². The molecule has 0 aromatic heterocycles. The molecule has 21 heavy (non-hydrogen) atoms. The van der Waals surface area contributed by atoms with Crippen LogP contribution in [0.15, 0.2) is 18.2 Å². The van der Waals surface area contributed by atoms with E-state index in [0.717, 1.165) is 13.1 Å². The van der Waals surface area contributed by atoms with Gasteiger partial charge in [0.15, 0.2) is 5.78 Å². The van der Waals surface area contributed by atoms with Crippen molar-refractivity contribution in [2.24, 2.45) is 5.41 Å². The molecule has 0 N–H and O–H groups in total. The lowest BCUT2D eigenvalue weighted by atomic mass is 9.74. The van der Waals surface area contributed by atoms with E-state index in [9.17, 15) is 4.79 Å². The number of hydrogen-bond donors (Lipinski definition) is 0. The third kappa shape index (κ3) is 4.00. The van der Waals surface area contributed by atoms with Crippen molar-refractivity contribution in [1.29, 1.82) is 0 Å². The molecular formula is C17H23Cl2NO. The highest BCUT2D eigenvalue weighted by atomic mass is 35.5. The van der Waals surface area contributed by atoms with Gasteiger partial charge in [-0.2, -0.15) is 0 Å². The number of carbonyl (C=O) groups excluding carboxylic acids is 1. The minimum absolute atomic E-state index is 0.0807. The summed E-state index contributed by atoms with van der Waals surface area (Å²) >= 11 is 12.0. The van der Waals surface area contributed by atoms with Crippen LogP contribution in [0.3, 0.4) is 0 Å². The Bertz CT molecular complexity index is 502. The first kappa shape index (κ1) is 16.8. The third-order valence-corrected chi connectivity index (χ3v) is 5.56. The molecule has 4 heteroatoms. The molecule has 1 aliphatic heterocycles. The Balaban J connectivity index is 1.96. The number of halogens is 2. The number of ketones is 1. The predicted molar refractivity (Wildman–Crippen MR) is 89.5 cm³/mol. The average Bonchev–Trinajstić information content (AvgIpc) is 2.48. The number of piperidine rings is 1. The van der Waals surface area contributed by atoms with E-state index in [4.69, 9.17) is 23.2 Å². The molecule has 0 unspecified atom stereocenters. The van der Waals surface area contributed by atoms with Crippen molar-refractivity contribution in [2.75, 3.05) is 19.6 Å². The van der Waals surface area contributed by atoms with Gasteiger partial charge in [0.05, 0.1) is 11.6 Å². The second kappa shape index (κ2) is 7.13. The largest absolute Gasteiger partial charge is 0.296 e. The maximum absolute atomic E-state index is 12.4. The molecule has 2 nitrogen and oxygen atoms in total. The zero-order valence-corrected chi connectivity index (χ0v) is 14.3. The van der Waals surface area contributed by atoms with Gasteiger partial charge in [0.2, 0.25) is 0 Å². The first-order chi connectivity index (χ1) is 9.99.